The SMILES string of the molecule is Cc1ccc(NC(=O)C(=O)NCc2cccc(OC3CCCCC3)c2)cc1. The Morgan fingerprint density at radius 2 is 1.74 bits per heavy atom. The molecule has 0 aromatic heterocycles. The molecular formula is C22H26N2O3. The maximum atomic E-state index is 12.0. The van der Waals surface area contributed by atoms with Crippen molar-refractivity contribution in [3.8, 4) is 5.75 Å². The van der Waals surface area contributed by atoms with Crippen LogP contribution in [0.1, 0.15) is 43.2 Å². The Labute approximate surface area is 160 Å². The van der Waals surface area contributed by atoms with Gasteiger partial charge in [0.05, 0.1) is 6.10 Å². The average molecular weight is 366 g/mol. The fourth-order valence-electron chi connectivity index (χ4n) is 3.19. The molecule has 0 saturated heterocycles. The molecule has 2 N–H and O–H groups in total. The van der Waals surface area contributed by atoms with E-state index in [4.69, 9.17) is 4.74 Å². The number of carbonyl (C=O) groups is 2. The topological polar surface area (TPSA) is 67.4 Å². The van der Waals surface area contributed by atoms with Crippen LogP contribution < -0.4 is 15.4 Å². The molecule has 2 aromatic rings. The molecule has 1 aliphatic carbocycles. The number of ether oxygens (including phenoxy) is 1. The van der Waals surface area contributed by atoms with Crippen molar-refractivity contribution in [2.24, 2.45) is 0 Å². The summed E-state index contributed by atoms with van der Waals surface area (Å²) >= 11 is 0. The summed E-state index contributed by atoms with van der Waals surface area (Å²) in [6.45, 7) is 2.24. The number of anilines is 1. The molecule has 27 heavy (non-hydrogen) atoms. The van der Waals surface area contributed by atoms with Crippen LogP contribution in [0.25, 0.3) is 0 Å². The highest BCUT2D eigenvalue weighted by molar-refractivity contribution is 6.39. The number of carbonyl (C=O) groups excluding carboxylic acids is 2. The second-order valence-electron chi connectivity index (χ2n) is 7.03. The molecule has 2 amide bonds. The third-order valence-corrected chi connectivity index (χ3v) is 4.72. The molecule has 1 fully saturated rings. The quantitative estimate of drug-likeness (QED) is 0.787. The van der Waals surface area contributed by atoms with E-state index in [1.807, 2.05) is 43.3 Å². The molecule has 0 heterocycles. The van der Waals surface area contributed by atoms with Gasteiger partial charge < -0.3 is 15.4 Å². The molecular weight excluding hydrogens is 340 g/mol. The van der Waals surface area contributed by atoms with E-state index in [0.29, 0.717) is 5.69 Å². The number of hydrogen-bond donors (Lipinski definition) is 2. The van der Waals surface area contributed by atoms with Crippen molar-refractivity contribution in [1.29, 1.82) is 0 Å². The molecule has 3 rings (SSSR count). The Kier molecular flexibility index (Phi) is 6.47. The standard InChI is InChI=1S/C22H26N2O3/c1-16-10-12-18(13-11-16)24-22(26)21(25)23-15-17-6-5-9-20(14-17)27-19-7-3-2-4-8-19/h5-6,9-14,19H,2-4,7-8,15H2,1H3,(H,23,25)(H,24,26). The van der Waals surface area contributed by atoms with Gasteiger partial charge in [0.15, 0.2) is 0 Å². The molecule has 142 valence electrons. The number of hydrogen-bond acceptors (Lipinski definition) is 3. The number of rotatable bonds is 5. The van der Waals surface area contributed by atoms with E-state index in [0.717, 1.165) is 29.7 Å². The first-order valence-electron chi connectivity index (χ1n) is 9.51. The number of amides is 2. The second-order valence-corrected chi connectivity index (χ2v) is 7.03. The lowest BCUT2D eigenvalue weighted by molar-refractivity contribution is -0.136. The van der Waals surface area contributed by atoms with E-state index in [2.05, 4.69) is 10.6 Å². The van der Waals surface area contributed by atoms with E-state index >= 15 is 0 Å². The third kappa shape index (κ3) is 5.84. The van der Waals surface area contributed by atoms with E-state index in [1.165, 1.54) is 19.3 Å². The van der Waals surface area contributed by atoms with Crippen LogP contribution in [-0.2, 0) is 16.1 Å². The Morgan fingerprint density at radius 3 is 2.48 bits per heavy atom. The maximum absolute atomic E-state index is 12.0. The zero-order valence-electron chi connectivity index (χ0n) is 15.7. The van der Waals surface area contributed by atoms with Gasteiger partial charge in [0, 0.05) is 12.2 Å². The van der Waals surface area contributed by atoms with Crippen molar-refractivity contribution in [3.05, 3.63) is 59.7 Å². The molecule has 1 aliphatic rings. The van der Waals surface area contributed by atoms with Crippen molar-refractivity contribution in [2.45, 2.75) is 51.7 Å². The van der Waals surface area contributed by atoms with Gasteiger partial charge >= 0.3 is 11.8 Å². The molecule has 0 radical (unpaired) electrons. The van der Waals surface area contributed by atoms with E-state index < -0.39 is 11.8 Å². The first-order chi connectivity index (χ1) is 13.1. The molecule has 5 heteroatoms. The molecule has 0 spiro atoms. The first kappa shape index (κ1) is 19.0. The van der Waals surface area contributed by atoms with Gasteiger partial charge in [-0.25, -0.2) is 0 Å². The highest BCUT2D eigenvalue weighted by Gasteiger charge is 2.16. The molecule has 0 unspecified atom stereocenters. The van der Waals surface area contributed by atoms with E-state index in [-0.39, 0.29) is 12.6 Å². The van der Waals surface area contributed by atoms with E-state index in [1.54, 1.807) is 12.1 Å². The number of aryl methyl sites for hydroxylation is 1. The first-order valence-corrected chi connectivity index (χ1v) is 9.51. The van der Waals surface area contributed by atoms with Crippen LogP contribution in [0.5, 0.6) is 5.75 Å². The van der Waals surface area contributed by atoms with Gasteiger partial charge in [-0.3, -0.25) is 9.59 Å². The molecule has 5 nitrogen and oxygen atoms in total. The van der Waals surface area contributed by atoms with Crippen molar-refractivity contribution >= 4 is 17.5 Å². The largest absolute Gasteiger partial charge is 0.490 e. The van der Waals surface area contributed by atoms with Crippen LogP contribution in [0.2, 0.25) is 0 Å². The van der Waals surface area contributed by atoms with Gasteiger partial charge in [-0.05, 0) is 62.4 Å². The highest BCUT2D eigenvalue weighted by Crippen LogP contribution is 2.23. The summed E-state index contributed by atoms with van der Waals surface area (Å²) in [7, 11) is 0. The van der Waals surface area contributed by atoms with Crippen LogP contribution in [0.4, 0.5) is 5.69 Å². The van der Waals surface area contributed by atoms with Gasteiger partial charge in [-0.1, -0.05) is 36.2 Å². The minimum Gasteiger partial charge on any atom is -0.490 e. The lowest BCUT2D eigenvalue weighted by Crippen LogP contribution is -2.34. The average Bonchev–Trinajstić information content (AvgIpc) is 2.69. The Bertz CT molecular complexity index is 780. The van der Waals surface area contributed by atoms with Gasteiger partial charge in [0.1, 0.15) is 5.75 Å². The summed E-state index contributed by atoms with van der Waals surface area (Å²) in [5.41, 5.74) is 2.59. The summed E-state index contributed by atoms with van der Waals surface area (Å²) < 4.78 is 6.05. The zero-order chi connectivity index (χ0) is 19.1. The van der Waals surface area contributed by atoms with Crippen LogP contribution in [0, 0.1) is 6.92 Å². The predicted octanol–water partition coefficient (Wildman–Crippen LogP) is 3.96. The third-order valence-electron chi connectivity index (χ3n) is 4.72. The Morgan fingerprint density at radius 1 is 1.00 bits per heavy atom. The van der Waals surface area contributed by atoms with Crippen molar-refractivity contribution in [2.75, 3.05) is 5.32 Å². The lowest BCUT2D eigenvalue weighted by atomic mass is 9.98. The van der Waals surface area contributed by atoms with Gasteiger partial charge in [0.2, 0.25) is 0 Å². The summed E-state index contributed by atoms with van der Waals surface area (Å²) in [6.07, 6.45) is 6.20. The summed E-state index contributed by atoms with van der Waals surface area (Å²) in [6, 6.07) is 15.0. The normalized spacial score (nSPS) is 14.4. The van der Waals surface area contributed by atoms with Crippen LogP contribution in [-0.4, -0.2) is 17.9 Å². The monoisotopic (exact) mass is 366 g/mol. The van der Waals surface area contributed by atoms with Gasteiger partial charge in [-0.15, -0.1) is 0 Å². The van der Waals surface area contributed by atoms with Crippen molar-refractivity contribution < 1.29 is 14.3 Å². The fourth-order valence-corrected chi connectivity index (χ4v) is 3.19. The Balaban J connectivity index is 1.49. The molecule has 0 atom stereocenters. The maximum Gasteiger partial charge on any atom is 0.313 e. The Hall–Kier alpha value is -2.82. The second kappa shape index (κ2) is 9.21. The van der Waals surface area contributed by atoms with Crippen LogP contribution in [0.15, 0.2) is 48.5 Å². The zero-order valence-corrected chi connectivity index (χ0v) is 15.7. The number of benzene rings is 2. The highest BCUT2D eigenvalue weighted by atomic mass is 16.5. The van der Waals surface area contributed by atoms with Crippen LogP contribution >= 0.6 is 0 Å². The number of nitrogens with one attached hydrogen (secondary N) is 2. The fraction of sp³-hybridized carbons (Fsp3) is 0.364. The van der Waals surface area contributed by atoms with Crippen molar-refractivity contribution in [3.63, 3.8) is 0 Å². The summed E-state index contributed by atoms with van der Waals surface area (Å²) in [5.74, 6) is -0.514. The van der Waals surface area contributed by atoms with E-state index in [9.17, 15) is 9.59 Å². The molecule has 2 aromatic carbocycles. The lowest BCUT2D eigenvalue weighted by Gasteiger charge is -2.23. The summed E-state index contributed by atoms with van der Waals surface area (Å²) in [5, 5.41) is 5.25. The van der Waals surface area contributed by atoms with Crippen molar-refractivity contribution in [1.82, 2.24) is 5.32 Å². The van der Waals surface area contributed by atoms with Crippen LogP contribution in [0.3, 0.4) is 0 Å². The smallest absolute Gasteiger partial charge is 0.313 e. The van der Waals surface area contributed by atoms with Gasteiger partial charge in [-0.2, -0.15) is 0 Å². The predicted molar refractivity (Wildman–Crippen MR) is 106 cm³/mol. The van der Waals surface area contributed by atoms with Gasteiger partial charge in [0.25, 0.3) is 0 Å². The minimum absolute atomic E-state index is 0.280. The molecule has 0 bridgehead atoms. The summed E-state index contributed by atoms with van der Waals surface area (Å²) in [4.78, 5) is 24.0. The minimum atomic E-state index is -0.673. The molecule has 0 aliphatic heterocycles. The molecule has 1 saturated carbocycles.